The molecule has 1 aromatic rings. The van der Waals surface area contributed by atoms with E-state index in [1.807, 2.05) is 0 Å². The van der Waals surface area contributed by atoms with Gasteiger partial charge in [-0.1, -0.05) is 11.6 Å². The summed E-state index contributed by atoms with van der Waals surface area (Å²) >= 11 is 5.45. The zero-order valence-electron chi connectivity index (χ0n) is 6.09. The van der Waals surface area contributed by atoms with E-state index in [4.69, 9.17) is 16.3 Å². The quantitative estimate of drug-likeness (QED) is 0.679. The summed E-state index contributed by atoms with van der Waals surface area (Å²) in [5.41, 5.74) is 0. The van der Waals surface area contributed by atoms with Gasteiger partial charge in [-0.3, -0.25) is 4.79 Å². The van der Waals surface area contributed by atoms with Gasteiger partial charge in [-0.15, -0.1) is 0 Å². The number of carbonyl (C=O) groups is 1. The zero-order chi connectivity index (χ0) is 8.97. The molecule has 0 fully saturated rings. The number of carbonyl (C=O) groups excluding carboxylic acids is 1. The Morgan fingerprint density at radius 3 is 2.92 bits per heavy atom. The maximum absolute atomic E-state index is 12.6. The van der Waals surface area contributed by atoms with Crippen LogP contribution in [-0.4, -0.2) is 12.9 Å². The molecule has 1 aromatic carbocycles. The Balaban J connectivity index is 2.75. The minimum absolute atomic E-state index is 0.0154. The third-order valence-corrected chi connectivity index (χ3v) is 1.50. The van der Waals surface area contributed by atoms with Gasteiger partial charge in [0.25, 0.3) is 0 Å². The van der Waals surface area contributed by atoms with Crippen LogP contribution >= 0.6 is 11.6 Å². The molecule has 0 bridgehead atoms. The first kappa shape index (κ1) is 9.00. The highest BCUT2D eigenvalue weighted by Crippen LogP contribution is 2.20. The van der Waals surface area contributed by atoms with Gasteiger partial charge in [-0.2, -0.15) is 0 Å². The minimum atomic E-state index is -0.505. The van der Waals surface area contributed by atoms with Crippen molar-refractivity contribution in [2.45, 2.75) is 0 Å². The van der Waals surface area contributed by atoms with E-state index in [-0.39, 0.29) is 11.6 Å². The van der Waals surface area contributed by atoms with Crippen molar-refractivity contribution in [1.29, 1.82) is 0 Å². The zero-order valence-corrected chi connectivity index (χ0v) is 6.84. The van der Waals surface area contributed by atoms with Gasteiger partial charge in [0, 0.05) is 6.07 Å². The lowest BCUT2D eigenvalue weighted by atomic mass is 10.3. The molecule has 0 spiro atoms. The van der Waals surface area contributed by atoms with Gasteiger partial charge in [0.1, 0.15) is 18.2 Å². The van der Waals surface area contributed by atoms with Gasteiger partial charge in [-0.05, 0) is 12.1 Å². The van der Waals surface area contributed by atoms with Gasteiger partial charge in [-0.25, -0.2) is 4.39 Å². The molecular weight excluding hydrogens is 183 g/mol. The number of halogens is 2. The molecule has 0 N–H and O–H groups in total. The molecule has 0 aromatic heterocycles. The Morgan fingerprint density at radius 2 is 2.33 bits per heavy atom. The Labute approximate surface area is 73.9 Å². The molecule has 2 nitrogen and oxygen atoms in total. The number of rotatable bonds is 3. The Kier molecular flexibility index (Phi) is 3.05. The van der Waals surface area contributed by atoms with Crippen molar-refractivity contribution in [1.82, 2.24) is 0 Å². The van der Waals surface area contributed by atoms with E-state index >= 15 is 0 Å². The van der Waals surface area contributed by atoms with Crippen LogP contribution in [0, 0.1) is 5.82 Å². The second kappa shape index (κ2) is 4.07. The molecule has 0 aliphatic carbocycles. The van der Waals surface area contributed by atoms with E-state index in [1.54, 1.807) is 0 Å². The van der Waals surface area contributed by atoms with E-state index < -0.39 is 5.82 Å². The Bertz CT molecular complexity index is 288. The van der Waals surface area contributed by atoms with Crippen molar-refractivity contribution >= 4 is 17.9 Å². The first-order valence-corrected chi connectivity index (χ1v) is 3.63. The van der Waals surface area contributed by atoms with Crippen LogP contribution in [0.3, 0.4) is 0 Å². The Hall–Kier alpha value is -1.09. The minimum Gasteiger partial charge on any atom is -0.486 e. The molecule has 0 unspecified atom stereocenters. The van der Waals surface area contributed by atoms with Crippen LogP contribution in [0.2, 0.25) is 5.02 Å². The molecule has 0 radical (unpaired) electrons. The van der Waals surface area contributed by atoms with Crippen molar-refractivity contribution in [3.63, 3.8) is 0 Å². The molecule has 4 heteroatoms. The van der Waals surface area contributed by atoms with Crippen molar-refractivity contribution in [2.24, 2.45) is 0 Å². The highest BCUT2D eigenvalue weighted by atomic mass is 35.5. The lowest BCUT2D eigenvalue weighted by Gasteiger charge is -2.01. The first-order chi connectivity index (χ1) is 5.74. The second-order valence-electron chi connectivity index (χ2n) is 2.05. The summed E-state index contributed by atoms with van der Waals surface area (Å²) < 4.78 is 17.4. The summed E-state index contributed by atoms with van der Waals surface area (Å²) in [6.07, 6.45) is 0.608. The van der Waals surface area contributed by atoms with Crippen LogP contribution in [-0.2, 0) is 4.79 Å². The summed E-state index contributed by atoms with van der Waals surface area (Å²) in [6.45, 7) is -0.0536. The van der Waals surface area contributed by atoms with Crippen LogP contribution in [0.4, 0.5) is 4.39 Å². The lowest BCUT2D eigenvalue weighted by Crippen LogP contribution is -1.97. The van der Waals surface area contributed by atoms with Crippen molar-refractivity contribution in [3.8, 4) is 5.75 Å². The Morgan fingerprint density at radius 1 is 1.58 bits per heavy atom. The predicted molar refractivity (Wildman–Crippen MR) is 43.0 cm³/mol. The normalized spacial score (nSPS) is 9.50. The summed E-state index contributed by atoms with van der Waals surface area (Å²) in [7, 11) is 0. The van der Waals surface area contributed by atoms with Crippen LogP contribution in [0.1, 0.15) is 0 Å². The number of hydrogen-bond donors (Lipinski definition) is 0. The SMILES string of the molecule is O=CCOc1ccc(F)c(Cl)c1. The summed E-state index contributed by atoms with van der Waals surface area (Å²) in [6, 6.07) is 3.91. The van der Waals surface area contributed by atoms with E-state index in [9.17, 15) is 9.18 Å². The number of benzene rings is 1. The molecule has 0 atom stereocenters. The van der Waals surface area contributed by atoms with Crippen LogP contribution in [0.5, 0.6) is 5.75 Å². The van der Waals surface area contributed by atoms with Crippen LogP contribution in [0.25, 0.3) is 0 Å². The molecule has 0 heterocycles. The van der Waals surface area contributed by atoms with E-state index in [1.165, 1.54) is 18.2 Å². The third kappa shape index (κ3) is 2.20. The third-order valence-electron chi connectivity index (χ3n) is 1.21. The van der Waals surface area contributed by atoms with Crippen LogP contribution < -0.4 is 4.74 Å². The monoisotopic (exact) mass is 188 g/mol. The molecule has 0 aliphatic rings. The predicted octanol–water partition coefficient (Wildman–Crippen LogP) is 2.06. The maximum Gasteiger partial charge on any atom is 0.157 e. The first-order valence-electron chi connectivity index (χ1n) is 3.25. The highest BCUT2D eigenvalue weighted by molar-refractivity contribution is 6.30. The fourth-order valence-corrected chi connectivity index (χ4v) is 0.867. The molecule has 12 heavy (non-hydrogen) atoms. The molecular formula is C8H6ClFO2. The van der Waals surface area contributed by atoms with E-state index in [2.05, 4.69) is 0 Å². The molecule has 1 rings (SSSR count). The fourth-order valence-electron chi connectivity index (χ4n) is 0.697. The summed E-state index contributed by atoms with van der Waals surface area (Å²) in [5.74, 6) is -0.122. The van der Waals surface area contributed by atoms with Crippen molar-refractivity contribution in [2.75, 3.05) is 6.61 Å². The molecule has 0 amide bonds. The largest absolute Gasteiger partial charge is 0.486 e. The smallest absolute Gasteiger partial charge is 0.157 e. The van der Waals surface area contributed by atoms with E-state index in [0.717, 1.165) is 0 Å². The van der Waals surface area contributed by atoms with Gasteiger partial charge in [0.2, 0.25) is 0 Å². The summed E-state index contributed by atoms with van der Waals surface area (Å²) in [4.78, 5) is 9.90. The van der Waals surface area contributed by atoms with E-state index in [0.29, 0.717) is 12.0 Å². The topological polar surface area (TPSA) is 26.3 Å². The average Bonchev–Trinajstić information content (AvgIpc) is 2.07. The standard InChI is InChI=1S/C8H6ClFO2/c9-7-5-6(12-4-3-11)1-2-8(7)10/h1-3,5H,4H2. The number of hydrogen-bond acceptors (Lipinski definition) is 2. The van der Waals surface area contributed by atoms with Crippen molar-refractivity contribution in [3.05, 3.63) is 29.0 Å². The van der Waals surface area contributed by atoms with Crippen molar-refractivity contribution < 1.29 is 13.9 Å². The van der Waals surface area contributed by atoms with Gasteiger partial charge < -0.3 is 4.74 Å². The highest BCUT2D eigenvalue weighted by Gasteiger charge is 2.00. The number of aldehydes is 1. The average molecular weight is 189 g/mol. The fraction of sp³-hybridized carbons (Fsp3) is 0.125. The molecule has 64 valence electrons. The van der Waals surface area contributed by atoms with Gasteiger partial charge in [0.15, 0.2) is 6.29 Å². The van der Waals surface area contributed by atoms with Gasteiger partial charge >= 0.3 is 0 Å². The maximum atomic E-state index is 12.6. The number of ether oxygens (including phenoxy) is 1. The van der Waals surface area contributed by atoms with Gasteiger partial charge in [0.05, 0.1) is 5.02 Å². The molecule has 0 aliphatic heterocycles. The molecule has 0 saturated heterocycles. The summed E-state index contributed by atoms with van der Waals surface area (Å²) in [5, 5.41) is -0.0154. The second-order valence-corrected chi connectivity index (χ2v) is 2.46. The van der Waals surface area contributed by atoms with Crippen LogP contribution in [0.15, 0.2) is 18.2 Å². The molecule has 0 saturated carbocycles. The lowest BCUT2D eigenvalue weighted by molar-refractivity contribution is -0.109.